The van der Waals surface area contributed by atoms with Crippen molar-refractivity contribution in [2.75, 3.05) is 37.6 Å². The van der Waals surface area contributed by atoms with Crippen LogP contribution in [0.2, 0.25) is 0 Å². The molecule has 1 fully saturated rings. The number of benzene rings is 1. The van der Waals surface area contributed by atoms with Gasteiger partial charge in [-0.05, 0) is 32.0 Å². The molecule has 4 nitrogen and oxygen atoms in total. The maximum Gasteiger partial charge on any atom is 0.304 e. The molecule has 0 radical (unpaired) electrons. The van der Waals surface area contributed by atoms with Crippen LogP contribution in [0.5, 0.6) is 0 Å². The van der Waals surface area contributed by atoms with Crippen LogP contribution in [0.3, 0.4) is 0 Å². The Hall–Kier alpha value is -1.55. The predicted octanol–water partition coefficient (Wildman–Crippen LogP) is 1.98. The van der Waals surface area contributed by atoms with Crippen molar-refractivity contribution in [2.24, 2.45) is 0 Å². The lowest BCUT2D eigenvalue weighted by Crippen LogP contribution is -2.32. The first-order valence-electron chi connectivity index (χ1n) is 6.91. The minimum Gasteiger partial charge on any atom is -0.481 e. The number of nitrogens with zero attached hydrogens (tertiary/aromatic N) is 2. The summed E-state index contributed by atoms with van der Waals surface area (Å²) in [5, 5.41) is 8.73. The van der Waals surface area contributed by atoms with Crippen LogP contribution in [0.4, 0.5) is 5.69 Å². The minimum absolute atomic E-state index is 0.241. The average Bonchev–Trinajstić information content (AvgIpc) is 2.63. The van der Waals surface area contributed by atoms with E-state index in [1.165, 1.54) is 11.3 Å². The molecule has 0 bridgehead atoms. The molecule has 2 rings (SSSR count). The van der Waals surface area contributed by atoms with Gasteiger partial charge in [0.15, 0.2) is 0 Å². The summed E-state index contributed by atoms with van der Waals surface area (Å²) in [4.78, 5) is 15.2. The van der Waals surface area contributed by atoms with E-state index in [9.17, 15) is 4.79 Å². The van der Waals surface area contributed by atoms with Crippen LogP contribution in [0.15, 0.2) is 24.3 Å². The maximum atomic E-state index is 10.6. The van der Waals surface area contributed by atoms with Crippen molar-refractivity contribution in [1.29, 1.82) is 0 Å². The first kappa shape index (κ1) is 13.9. The van der Waals surface area contributed by atoms with Gasteiger partial charge in [0.25, 0.3) is 0 Å². The third-order valence-electron chi connectivity index (χ3n) is 3.63. The second kappa shape index (κ2) is 6.57. The molecule has 0 aromatic heterocycles. The molecule has 1 aliphatic heterocycles. The van der Waals surface area contributed by atoms with Gasteiger partial charge in [0, 0.05) is 31.9 Å². The molecule has 0 unspecified atom stereocenters. The van der Waals surface area contributed by atoms with Crippen LogP contribution in [-0.4, -0.2) is 48.7 Å². The number of rotatable bonds is 4. The van der Waals surface area contributed by atoms with Crippen molar-refractivity contribution in [3.05, 3.63) is 29.8 Å². The highest BCUT2D eigenvalue weighted by Gasteiger charge is 2.15. The Morgan fingerprint density at radius 3 is 2.58 bits per heavy atom. The highest BCUT2D eigenvalue weighted by atomic mass is 16.4. The van der Waals surface area contributed by atoms with E-state index in [2.05, 4.69) is 41.0 Å². The summed E-state index contributed by atoms with van der Waals surface area (Å²) in [5.74, 6) is -0.709. The van der Waals surface area contributed by atoms with E-state index in [1.54, 1.807) is 0 Å². The highest BCUT2D eigenvalue weighted by molar-refractivity contribution is 5.66. The zero-order valence-electron chi connectivity index (χ0n) is 11.5. The van der Waals surface area contributed by atoms with Gasteiger partial charge in [0.05, 0.1) is 6.42 Å². The zero-order chi connectivity index (χ0) is 13.7. The maximum absolute atomic E-state index is 10.6. The number of hydrogen-bond donors (Lipinski definition) is 1. The summed E-state index contributed by atoms with van der Waals surface area (Å²) in [6.45, 7) is 6.73. The molecule has 4 heteroatoms. The van der Waals surface area contributed by atoms with Gasteiger partial charge in [-0.2, -0.15) is 0 Å². The first-order valence-corrected chi connectivity index (χ1v) is 6.91. The van der Waals surface area contributed by atoms with E-state index in [0.717, 1.165) is 32.6 Å². The Kier molecular flexibility index (Phi) is 4.80. The van der Waals surface area contributed by atoms with Crippen LogP contribution in [0.25, 0.3) is 0 Å². The van der Waals surface area contributed by atoms with E-state index in [4.69, 9.17) is 5.11 Å². The molecule has 0 saturated carbocycles. The van der Waals surface area contributed by atoms with Gasteiger partial charge in [-0.15, -0.1) is 0 Å². The SMILES string of the molecule is Cc1ccc(N2CCCN(CCC(=O)O)CC2)cc1. The molecule has 1 N–H and O–H groups in total. The average molecular weight is 262 g/mol. The van der Waals surface area contributed by atoms with E-state index >= 15 is 0 Å². The van der Waals surface area contributed by atoms with Gasteiger partial charge in [-0.1, -0.05) is 17.7 Å². The molecular formula is C15H22N2O2. The second-order valence-corrected chi connectivity index (χ2v) is 5.16. The Morgan fingerprint density at radius 2 is 1.89 bits per heavy atom. The molecule has 1 aromatic rings. The summed E-state index contributed by atoms with van der Waals surface area (Å²) in [6.07, 6.45) is 1.33. The number of hydrogen-bond acceptors (Lipinski definition) is 3. The minimum atomic E-state index is -0.709. The number of carboxylic acids is 1. The van der Waals surface area contributed by atoms with Gasteiger partial charge < -0.3 is 14.9 Å². The lowest BCUT2D eigenvalue weighted by Gasteiger charge is -2.23. The summed E-state index contributed by atoms with van der Waals surface area (Å²) in [6, 6.07) is 8.62. The number of anilines is 1. The number of aliphatic carboxylic acids is 1. The van der Waals surface area contributed by atoms with Crippen LogP contribution in [0.1, 0.15) is 18.4 Å². The first-order chi connectivity index (χ1) is 9.15. The fraction of sp³-hybridized carbons (Fsp3) is 0.533. The van der Waals surface area contributed by atoms with Gasteiger partial charge >= 0.3 is 5.97 Å². The monoisotopic (exact) mass is 262 g/mol. The third kappa shape index (κ3) is 4.24. The zero-order valence-corrected chi connectivity index (χ0v) is 11.5. The molecule has 0 aliphatic carbocycles. The van der Waals surface area contributed by atoms with Crippen molar-refractivity contribution in [3.63, 3.8) is 0 Å². The molecule has 0 amide bonds. The number of carboxylic acid groups (broad SMARTS) is 1. The molecule has 0 spiro atoms. The molecule has 19 heavy (non-hydrogen) atoms. The van der Waals surface area contributed by atoms with Crippen molar-refractivity contribution >= 4 is 11.7 Å². The predicted molar refractivity (Wildman–Crippen MR) is 76.7 cm³/mol. The van der Waals surface area contributed by atoms with E-state index in [1.807, 2.05) is 0 Å². The Morgan fingerprint density at radius 1 is 1.16 bits per heavy atom. The summed E-state index contributed by atoms with van der Waals surface area (Å²) in [7, 11) is 0. The van der Waals surface area contributed by atoms with Crippen LogP contribution >= 0.6 is 0 Å². The molecule has 1 saturated heterocycles. The molecule has 104 valence electrons. The van der Waals surface area contributed by atoms with Crippen molar-refractivity contribution < 1.29 is 9.90 Å². The van der Waals surface area contributed by atoms with E-state index in [-0.39, 0.29) is 6.42 Å². The van der Waals surface area contributed by atoms with Gasteiger partial charge in [0.1, 0.15) is 0 Å². The lowest BCUT2D eigenvalue weighted by molar-refractivity contribution is -0.137. The molecule has 1 aromatic carbocycles. The number of carbonyl (C=O) groups is 1. The van der Waals surface area contributed by atoms with Gasteiger partial charge in [-0.25, -0.2) is 0 Å². The topological polar surface area (TPSA) is 43.8 Å². The summed E-state index contributed by atoms with van der Waals surface area (Å²) < 4.78 is 0. The van der Waals surface area contributed by atoms with Crippen LogP contribution in [0, 0.1) is 6.92 Å². The molecule has 1 heterocycles. The molecule has 0 atom stereocenters. The summed E-state index contributed by atoms with van der Waals surface area (Å²) in [5.41, 5.74) is 2.55. The van der Waals surface area contributed by atoms with E-state index < -0.39 is 5.97 Å². The quantitative estimate of drug-likeness (QED) is 0.901. The lowest BCUT2D eigenvalue weighted by atomic mass is 10.2. The molecular weight excluding hydrogens is 240 g/mol. The fourth-order valence-corrected chi connectivity index (χ4v) is 2.46. The molecule has 1 aliphatic rings. The Bertz CT molecular complexity index is 417. The van der Waals surface area contributed by atoms with Crippen molar-refractivity contribution in [2.45, 2.75) is 19.8 Å². The van der Waals surface area contributed by atoms with Crippen molar-refractivity contribution in [1.82, 2.24) is 4.90 Å². The fourth-order valence-electron chi connectivity index (χ4n) is 2.46. The normalized spacial score (nSPS) is 17.2. The third-order valence-corrected chi connectivity index (χ3v) is 3.63. The smallest absolute Gasteiger partial charge is 0.304 e. The largest absolute Gasteiger partial charge is 0.481 e. The Labute approximate surface area is 114 Å². The van der Waals surface area contributed by atoms with Crippen LogP contribution < -0.4 is 4.90 Å². The standard InChI is InChI=1S/C15H22N2O2/c1-13-3-5-14(6-4-13)17-9-2-8-16(11-12-17)10-7-15(18)19/h3-6H,2,7-12H2,1H3,(H,18,19). The number of aryl methyl sites for hydroxylation is 1. The highest BCUT2D eigenvalue weighted by Crippen LogP contribution is 2.17. The Balaban J connectivity index is 1.89. The summed E-state index contributed by atoms with van der Waals surface area (Å²) >= 11 is 0. The van der Waals surface area contributed by atoms with Gasteiger partial charge in [-0.3, -0.25) is 4.79 Å². The second-order valence-electron chi connectivity index (χ2n) is 5.16. The van der Waals surface area contributed by atoms with Crippen LogP contribution in [-0.2, 0) is 4.79 Å². The van der Waals surface area contributed by atoms with E-state index in [0.29, 0.717) is 6.54 Å². The van der Waals surface area contributed by atoms with Gasteiger partial charge in [0.2, 0.25) is 0 Å². The van der Waals surface area contributed by atoms with Crippen molar-refractivity contribution in [3.8, 4) is 0 Å².